The van der Waals surface area contributed by atoms with Gasteiger partial charge in [0.05, 0.1) is 12.6 Å². The summed E-state index contributed by atoms with van der Waals surface area (Å²) in [6.45, 7) is 2.05. The van der Waals surface area contributed by atoms with Gasteiger partial charge in [-0.05, 0) is 23.3 Å². The fraction of sp³-hybridized carbons (Fsp3) is 0.294. The number of hydrogen-bond donors (Lipinski definition) is 1. The van der Waals surface area contributed by atoms with Crippen LogP contribution in [0.3, 0.4) is 0 Å². The average Bonchev–Trinajstić information content (AvgIpc) is 2.53. The highest BCUT2D eigenvalue weighted by molar-refractivity contribution is 5.90. The first kappa shape index (κ1) is 14.5. The zero-order chi connectivity index (χ0) is 15.7. The van der Waals surface area contributed by atoms with Crippen molar-refractivity contribution in [1.82, 2.24) is 4.90 Å². The second-order valence-electron chi connectivity index (χ2n) is 5.48. The van der Waals surface area contributed by atoms with E-state index in [1.807, 2.05) is 49.4 Å². The first-order valence-electron chi connectivity index (χ1n) is 7.25. The van der Waals surface area contributed by atoms with Crippen LogP contribution in [0.5, 0.6) is 0 Å². The molecule has 0 bridgehead atoms. The number of hydrogen-bond acceptors (Lipinski definition) is 3. The van der Waals surface area contributed by atoms with Gasteiger partial charge in [-0.1, -0.05) is 42.5 Å². The molecule has 2 N–H and O–H groups in total. The maximum Gasteiger partial charge on any atom is 0.249 e. The number of fused-ring (bicyclic) bond motifs is 1. The summed E-state index contributed by atoms with van der Waals surface area (Å²) in [5, 5.41) is 2.17. The Morgan fingerprint density at radius 3 is 2.77 bits per heavy atom. The lowest BCUT2D eigenvalue weighted by Gasteiger charge is -2.38. The van der Waals surface area contributed by atoms with Crippen LogP contribution in [0.25, 0.3) is 10.8 Å². The van der Waals surface area contributed by atoms with Crippen molar-refractivity contribution in [3.05, 3.63) is 48.0 Å². The van der Waals surface area contributed by atoms with Crippen LogP contribution in [0, 0.1) is 0 Å². The number of benzene rings is 2. The Balaban J connectivity index is 2.05. The molecule has 1 saturated heterocycles. The van der Waals surface area contributed by atoms with Crippen molar-refractivity contribution in [1.29, 1.82) is 0 Å². The van der Waals surface area contributed by atoms with Crippen LogP contribution in [0.15, 0.2) is 42.5 Å². The van der Waals surface area contributed by atoms with Crippen LogP contribution < -0.4 is 5.73 Å². The number of ether oxygens (including phenoxy) is 1. The van der Waals surface area contributed by atoms with Gasteiger partial charge in [0, 0.05) is 0 Å². The van der Waals surface area contributed by atoms with Gasteiger partial charge >= 0.3 is 0 Å². The largest absolute Gasteiger partial charge is 0.369 e. The van der Waals surface area contributed by atoms with E-state index in [0.717, 1.165) is 16.3 Å². The van der Waals surface area contributed by atoms with E-state index in [2.05, 4.69) is 0 Å². The van der Waals surface area contributed by atoms with Gasteiger partial charge in [-0.15, -0.1) is 0 Å². The third-order valence-corrected chi connectivity index (χ3v) is 4.14. The molecule has 3 rings (SSSR count). The van der Waals surface area contributed by atoms with Gasteiger partial charge in [0.2, 0.25) is 11.8 Å². The highest BCUT2D eigenvalue weighted by Gasteiger charge is 2.36. The van der Waals surface area contributed by atoms with E-state index >= 15 is 0 Å². The van der Waals surface area contributed by atoms with Crippen molar-refractivity contribution in [3.63, 3.8) is 0 Å². The highest BCUT2D eigenvalue weighted by atomic mass is 16.5. The maximum atomic E-state index is 12.3. The van der Waals surface area contributed by atoms with Crippen LogP contribution in [-0.2, 0) is 14.3 Å². The van der Waals surface area contributed by atoms with Gasteiger partial charge < -0.3 is 15.4 Å². The standard InChI is InChI=1S/C17H18N2O3/c1-11(19-15(17(18)21)9-22-10-16(19)20)13-8-4-6-12-5-2-3-7-14(12)13/h2-8,11,15H,9-10H2,1H3,(H2,18,21)/t11-,15?/m1/s1. The molecule has 22 heavy (non-hydrogen) atoms. The topological polar surface area (TPSA) is 72.6 Å². The molecular formula is C17H18N2O3. The number of carbonyl (C=O) groups excluding carboxylic acids is 2. The molecule has 1 unspecified atom stereocenters. The van der Waals surface area contributed by atoms with Crippen LogP contribution in [0.4, 0.5) is 0 Å². The number of nitrogens with two attached hydrogens (primary N) is 1. The van der Waals surface area contributed by atoms with E-state index in [4.69, 9.17) is 10.5 Å². The summed E-state index contributed by atoms with van der Waals surface area (Å²) in [5.41, 5.74) is 6.44. The summed E-state index contributed by atoms with van der Waals surface area (Å²) in [6.07, 6.45) is 0. The number of primary amides is 1. The van der Waals surface area contributed by atoms with Crippen molar-refractivity contribution < 1.29 is 14.3 Å². The van der Waals surface area contributed by atoms with Crippen LogP contribution >= 0.6 is 0 Å². The van der Waals surface area contributed by atoms with Crippen molar-refractivity contribution in [3.8, 4) is 0 Å². The normalized spacial score (nSPS) is 20.1. The summed E-state index contributed by atoms with van der Waals surface area (Å²) in [4.78, 5) is 25.5. The molecule has 2 aromatic carbocycles. The van der Waals surface area contributed by atoms with E-state index in [-0.39, 0.29) is 25.2 Å². The maximum absolute atomic E-state index is 12.3. The molecule has 5 nitrogen and oxygen atoms in total. The average molecular weight is 298 g/mol. The van der Waals surface area contributed by atoms with Crippen molar-refractivity contribution in [2.45, 2.75) is 19.0 Å². The summed E-state index contributed by atoms with van der Waals surface area (Å²) in [6, 6.07) is 13.0. The monoisotopic (exact) mass is 298 g/mol. The second kappa shape index (κ2) is 5.77. The Labute approximate surface area is 128 Å². The predicted octanol–water partition coefficient (Wildman–Crippen LogP) is 1.61. The number of nitrogens with zero attached hydrogens (tertiary/aromatic N) is 1. The molecule has 5 heteroatoms. The molecule has 2 aromatic rings. The predicted molar refractivity (Wildman–Crippen MR) is 83.0 cm³/mol. The molecule has 2 amide bonds. The van der Waals surface area contributed by atoms with Gasteiger partial charge in [0.25, 0.3) is 0 Å². The molecule has 1 heterocycles. The molecule has 0 radical (unpaired) electrons. The fourth-order valence-corrected chi connectivity index (χ4v) is 3.06. The van der Waals surface area contributed by atoms with Crippen LogP contribution in [0.2, 0.25) is 0 Å². The van der Waals surface area contributed by atoms with E-state index in [0.29, 0.717) is 0 Å². The highest BCUT2D eigenvalue weighted by Crippen LogP contribution is 2.30. The van der Waals surface area contributed by atoms with Gasteiger partial charge in [-0.3, -0.25) is 9.59 Å². The van der Waals surface area contributed by atoms with Crippen molar-refractivity contribution >= 4 is 22.6 Å². The lowest BCUT2D eigenvalue weighted by atomic mass is 9.97. The van der Waals surface area contributed by atoms with Crippen LogP contribution in [0.1, 0.15) is 18.5 Å². The number of carbonyl (C=O) groups is 2. The molecule has 1 fully saturated rings. The Morgan fingerprint density at radius 1 is 1.27 bits per heavy atom. The minimum atomic E-state index is -0.727. The molecule has 1 aliphatic heterocycles. The number of rotatable bonds is 3. The lowest BCUT2D eigenvalue weighted by Crippen LogP contribution is -2.56. The first-order chi connectivity index (χ1) is 10.6. The van der Waals surface area contributed by atoms with E-state index in [1.54, 1.807) is 4.90 Å². The summed E-state index contributed by atoms with van der Waals surface area (Å²) >= 11 is 0. The number of morpholine rings is 1. The third-order valence-electron chi connectivity index (χ3n) is 4.14. The van der Waals surface area contributed by atoms with Gasteiger partial charge in [0.15, 0.2) is 0 Å². The van der Waals surface area contributed by atoms with E-state index < -0.39 is 11.9 Å². The van der Waals surface area contributed by atoms with Gasteiger partial charge in [-0.2, -0.15) is 0 Å². The van der Waals surface area contributed by atoms with Crippen molar-refractivity contribution in [2.75, 3.05) is 13.2 Å². The molecule has 1 aliphatic rings. The summed E-state index contributed by atoms with van der Waals surface area (Å²) in [7, 11) is 0. The molecule has 114 valence electrons. The zero-order valence-electron chi connectivity index (χ0n) is 12.4. The second-order valence-corrected chi connectivity index (χ2v) is 5.48. The zero-order valence-corrected chi connectivity index (χ0v) is 12.4. The summed E-state index contributed by atoms with van der Waals surface area (Å²) in [5.74, 6) is -0.754. The smallest absolute Gasteiger partial charge is 0.249 e. The van der Waals surface area contributed by atoms with E-state index in [1.165, 1.54) is 0 Å². The van der Waals surface area contributed by atoms with Crippen LogP contribution in [-0.4, -0.2) is 36.0 Å². The Kier molecular flexibility index (Phi) is 3.81. The summed E-state index contributed by atoms with van der Waals surface area (Å²) < 4.78 is 5.17. The minimum absolute atomic E-state index is 0.0150. The third kappa shape index (κ3) is 2.44. The Hall–Kier alpha value is -2.40. The number of amides is 2. The molecule has 2 atom stereocenters. The minimum Gasteiger partial charge on any atom is -0.369 e. The Morgan fingerprint density at radius 2 is 2.00 bits per heavy atom. The molecular weight excluding hydrogens is 280 g/mol. The Bertz CT molecular complexity index is 723. The van der Waals surface area contributed by atoms with Gasteiger partial charge in [0.1, 0.15) is 12.6 Å². The van der Waals surface area contributed by atoms with Crippen molar-refractivity contribution in [2.24, 2.45) is 5.73 Å². The molecule has 0 aromatic heterocycles. The quantitative estimate of drug-likeness (QED) is 0.935. The first-order valence-corrected chi connectivity index (χ1v) is 7.25. The van der Waals surface area contributed by atoms with E-state index in [9.17, 15) is 9.59 Å². The lowest BCUT2D eigenvalue weighted by molar-refractivity contribution is -0.157. The fourth-order valence-electron chi connectivity index (χ4n) is 3.06. The SMILES string of the molecule is C[C@H](c1cccc2ccccc12)N1C(=O)COCC1C(N)=O. The molecule has 0 spiro atoms. The van der Waals surface area contributed by atoms with Gasteiger partial charge in [-0.25, -0.2) is 0 Å². The molecule has 0 saturated carbocycles. The molecule has 0 aliphatic carbocycles.